The van der Waals surface area contributed by atoms with Gasteiger partial charge in [0, 0.05) is 13.6 Å². The van der Waals surface area contributed by atoms with Gasteiger partial charge in [-0.3, -0.25) is 14.3 Å². The van der Waals surface area contributed by atoms with Crippen LogP contribution in [0.25, 0.3) is 0 Å². The first-order valence-corrected chi connectivity index (χ1v) is 5.42. The lowest BCUT2D eigenvalue weighted by Crippen LogP contribution is -2.31. The van der Waals surface area contributed by atoms with Gasteiger partial charge >= 0.3 is 5.69 Å². The van der Waals surface area contributed by atoms with Gasteiger partial charge in [0.25, 0.3) is 5.56 Å². The summed E-state index contributed by atoms with van der Waals surface area (Å²) in [4.78, 5) is 24.8. The van der Waals surface area contributed by atoms with Crippen molar-refractivity contribution in [2.75, 3.05) is 0 Å². The van der Waals surface area contributed by atoms with Crippen molar-refractivity contribution < 1.29 is 6.11 Å². The van der Waals surface area contributed by atoms with Crippen molar-refractivity contribution in [3.63, 3.8) is 0 Å². The van der Waals surface area contributed by atoms with Gasteiger partial charge in [0.15, 0.2) is 0 Å². The fourth-order valence-corrected chi connectivity index (χ4v) is 2.04. The minimum atomic E-state index is -0.456. The molecule has 0 aromatic carbocycles. The number of rotatable bonds is 2. The zero-order valence-electron chi connectivity index (χ0n) is 10.2. The Kier molecular flexibility index (Phi) is 2.61. The number of hydrogen-bond donors (Lipinski definition) is 1. The largest absolute Gasteiger partial charge is 0.355 e. The second-order valence-corrected chi connectivity index (χ2v) is 4.05. The van der Waals surface area contributed by atoms with Crippen molar-refractivity contribution in [2.24, 2.45) is 5.92 Å². The topological polar surface area (TPSA) is 64.1 Å². The van der Waals surface area contributed by atoms with Crippen molar-refractivity contribution >= 4 is 0 Å². The van der Waals surface area contributed by atoms with E-state index in [9.17, 15) is 9.59 Å². The number of aromatic nitrogens is 2. The molecule has 0 saturated carbocycles. The third kappa shape index (κ3) is 1.95. The number of aromatic amines is 1. The van der Waals surface area contributed by atoms with Crippen LogP contribution in [0.2, 0.25) is 0 Å². The number of H-pyrrole nitrogens is 1. The summed E-state index contributed by atoms with van der Waals surface area (Å²) in [5.74, 6) is 0.302. The van der Waals surface area contributed by atoms with Gasteiger partial charge in [-0.05, 0) is 19.2 Å². The predicted molar refractivity (Wildman–Crippen MR) is 59.3 cm³/mol. The molecular formula is C11H16N2O3. The van der Waals surface area contributed by atoms with Crippen molar-refractivity contribution in [1.29, 1.82) is 0 Å². The van der Waals surface area contributed by atoms with Crippen molar-refractivity contribution in [1.82, 2.24) is 9.55 Å². The predicted octanol–water partition coefficient (Wildman–Crippen LogP) is 0.870. The van der Waals surface area contributed by atoms with Gasteiger partial charge < -0.3 is 4.74 Å². The van der Waals surface area contributed by atoms with Gasteiger partial charge in [-0.2, -0.15) is 0 Å². The summed E-state index contributed by atoms with van der Waals surface area (Å²) in [5.41, 5.74) is -0.865. The number of nitrogens with one attached hydrogen (secondary N) is 1. The normalized spacial score (nSPS) is 30.3. The average Bonchev–Trinajstić information content (AvgIpc) is 2.72. The molecule has 0 spiro atoms. The van der Waals surface area contributed by atoms with E-state index in [0.29, 0.717) is 12.3 Å². The van der Waals surface area contributed by atoms with Crippen LogP contribution in [0.15, 0.2) is 21.9 Å². The highest BCUT2D eigenvalue weighted by molar-refractivity contribution is 4.87. The number of ether oxygens (including phenoxy) is 1. The van der Waals surface area contributed by atoms with Crippen LogP contribution in [0.3, 0.4) is 0 Å². The minimum absolute atomic E-state index is 0.121. The number of hydrogen-bond acceptors (Lipinski definition) is 3. The summed E-state index contributed by atoms with van der Waals surface area (Å²) in [7, 11) is 0. The van der Waals surface area contributed by atoms with Crippen LogP contribution >= 0.6 is 0 Å². The summed E-state index contributed by atoms with van der Waals surface area (Å²) < 4.78 is 14.5. The highest BCUT2D eigenvalue weighted by Gasteiger charge is 2.32. The molecule has 0 unspecified atom stereocenters. The van der Waals surface area contributed by atoms with E-state index >= 15 is 0 Å². The van der Waals surface area contributed by atoms with Crippen molar-refractivity contribution in [3.05, 3.63) is 33.1 Å². The molecule has 5 heteroatoms. The summed E-state index contributed by atoms with van der Waals surface area (Å²) in [6.07, 6.45) is 2.61. The highest BCUT2D eigenvalue weighted by Crippen LogP contribution is 2.33. The lowest BCUT2D eigenvalue weighted by molar-refractivity contribution is 0.00190. The highest BCUT2D eigenvalue weighted by atomic mass is 16.5. The monoisotopic (exact) mass is 226 g/mol. The van der Waals surface area contributed by atoms with E-state index in [0.717, 1.165) is 6.42 Å². The first-order chi connectivity index (χ1) is 8.15. The van der Waals surface area contributed by atoms with Gasteiger partial charge in [0.05, 0.1) is 6.10 Å². The van der Waals surface area contributed by atoms with Crippen LogP contribution < -0.4 is 11.2 Å². The van der Waals surface area contributed by atoms with E-state index in [4.69, 9.17) is 6.11 Å². The van der Waals surface area contributed by atoms with Crippen LogP contribution in [0, 0.1) is 5.92 Å². The van der Waals surface area contributed by atoms with E-state index in [1.165, 1.54) is 16.8 Å². The summed E-state index contributed by atoms with van der Waals surface area (Å²) in [5, 5.41) is 0. The standard InChI is InChI=1S/C11H16N2O3/c1-3-8-6-10(16-7(8)2)13-5-4-9(14)12-11(13)15/h4-5,7-8,10H,3,6H2,1-2H3,(H,12,14,15)/t7-,8+,10-/m1/s1/i2T. The van der Waals surface area contributed by atoms with Crippen LogP contribution in [-0.4, -0.2) is 15.7 Å². The van der Waals surface area contributed by atoms with E-state index in [1.54, 1.807) is 0 Å². The van der Waals surface area contributed by atoms with Gasteiger partial charge in [0.2, 0.25) is 0 Å². The van der Waals surface area contributed by atoms with Gasteiger partial charge in [-0.15, -0.1) is 0 Å². The molecule has 1 aliphatic heterocycles. The third-order valence-electron chi connectivity index (χ3n) is 3.05. The molecule has 5 nitrogen and oxygen atoms in total. The van der Waals surface area contributed by atoms with Gasteiger partial charge in [-0.25, -0.2) is 4.79 Å². The fourth-order valence-electron chi connectivity index (χ4n) is 2.04. The Bertz CT molecular complexity index is 484. The van der Waals surface area contributed by atoms with Crippen molar-refractivity contribution in [3.8, 4) is 0 Å². The molecule has 16 heavy (non-hydrogen) atoms. The Morgan fingerprint density at radius 3 is 3.06 bits per heavy atom. The molecule has 1 saturated heterocycles. The van der Waals surface area contributed by atoms with E-state index in [2.05, 4.69) is 11.9 Å². The Morgan fingerprint density at radius 1 is 1.69 bits per heavy atom. The lowest BCUT2D eigenvalue weighted by Gasteiger charge is -2.12. The molecule has 1 aliphatic rings. The molecule has 1 N–H and O–H groups in total. The maximum absolute atomic E-state index is 11.6. The van der Waals surface area contributed by atoms with Crippen LogP contribution in [-0.2, 0) is 4.74 Å². The van der Waals surface area contributed by atoms with Gasteiger partial charge in [0.1, 0.15) is 6.23 Å². The second-order valence-electron chi connectivity index (χ2n) is 4.05. The smallest absolute Gasteiger partial charge is 0.330 e. The molecule has 0 bridgehead atoms. The van der Waals surface area contributed by atoms with Crippen LogP contribution in [0.4, 0.5) is 0 Å². The zero-order chi connectivity index (χ0) is 12.4. The Morgan fingerprint density at radius 2 is 2.50 bits per heavy atom. The Labute approximate surface area is 94.5 Å². The minimum Gasteiger partial charge on any atom is -0.355 e. The molecule has 0 aliphatic carbocycles. The van der Waals surface area contributed by atoms with Gasteiger partial charge in [-0.1, -0.05) is 13.3 Å². The SMILES string of the molecule is [3H]C[C@H]1O[C@@H](n2ccc(=O)[nH]c2=O)C[C@@H]1CC. The molecular weight excluding hydrogens is 208 g/mol. The summed E-state index contributed by atoms with van der Waals surface area (Å²) in [6, 6.07) is 1.31. The fraction of sp³-hybridized carbons (Fsp3) is 0.636. The first-order valence-electron chi connectivity index (χ1n) is 6.12. The van der Waals surface area contributed by atoms with E-state index in [1.807, 2.05) is 0 Å². The third-order valence-corrected chi connectivity index (χ3v) is 3.05. The first kappa shape index (κ1) is 9.84. The second kappa shape index (κ2) is 4.25. The van der Waals surface area contributed by atoms with Crippen LogP contribution in [0.1, 0.15) is 34.3 Å². The van der Waals surface area contributed by atoms with E-state index in [-0.39, 0.29) is 19.2 Å². The summed E-state index contributed by atoms with van der Waals surface area (Å²) >= 11 is 0. The molecule has 0 radical (unpaired) electrons. The maximum Gasteiger partial charge on any atom is 0.330 e. The van der Waals surface area contributed by atoms with Crippen molar-refractivity contribution in [2.45, 2.75) is 39.0 Å². The summed E-state index contributed by atoms with van der Waals surface area (Å²) in [6.45, 7) is 2.25. The molecule has 3 atom stereocenters. The molecule has 88 valence electrons. The number of nitrogens with zero attached hydrogens (tertiary/aromatic N) is 1. The lowest BCUT2D eigenvalue weighted by atomic mass is 9.99. The quantitative estimate of drug-likeness (QED) is 0.813. The molecule has 2 rings (SSSR count). The molecule has 1 fully saturated rings. The zero-order valence-corrected chi connectivity index (χ0v) is 9.18. The molecule has 1 aromatic rings. The average molecular weight is 226 g/mol. The Hall–Kier alpha value is -1.36. The molecule has 2 heterocycles. The molecule has 1 aromatic heterocycles. The Balaban J connectivity index is 2.25. The van der Waals surface area contributed by atoms with E-state index < -0.39 is 11.2 Å². The van der Waals surface area contributed by atoms with Crippen LogP contribution in [0.5, 0.6) is 0 Å². The maximum atomic E-state index is 11.6. The molecule has 0 amide bonds.